The standard InChI is InChI=1S/C19H19N3O4/c1-2-17(23)13-4-6-14(7-5-13)26-11-18(24)20-10-12-3-8-15-16(9-12)22-19(25)21-15/h3-9H,2,10-11H2,1H3,(H,20,24)(H2,21,22,25). The molecule has 1 aromatic heterocycles. The number of carbonyl (C=O) groups excluding carboxylic acids is 2. The van der Waals surface area contributed by atoms with Gasteiger partial charge >= 0.3 is 5.69 Å². The maximum Gasteiger partial charge on any atom is 0.323 e. The van der Waals surface area contributed by atoms with Gasteiger partial charge in [0.25, 0.3) is 5.91 Å². The summed E-state index contributed by atoms with van der Waals surface area (Å²) in [5, 5.41) is 2.76. The molecule has 7 heteroatoms. The van der Waals surface area contributed by atoms with E-state index in [-0.39, 0.29) is 24.0 Å². The van der Waals surface area contributed by atoms with E-state index in [1.807, 2.05) is 13.0 Å². The summed E-state index contributed by atoms with van der Waals surface area (Å²) >= 11 is 0. The Morgan fingerprint density at radius 1 is 1.04 bits per heavy atom. The second-order valence-corrected chi connectivity index (χ2v) is 5.83. The molecule has 3 N–H and O–H groups in total. The fourth-order valence-corrected chi connectivity index (χ4v) is 2.53. The zero-order valence-electron chi connectivity index (χ0n) is 14.3. The van der Waals surface area contributed by atoms with Crippen LogP contribution >= 0.6 is 0 Å². The molecule has 26 heavy (non-hydrogen) atoms. The summed E-state index contributed by atoms with van der Waals surface area (Å²) in [4.78, 5) is 40.1. The number of fused-ring (bicyclic) bond motifs is 1. The van der Waals surface area contributed by atoms with Gasteiger partial charge in [-0.2, -0.15) is 0 Å². The summed E-state index contributed by atoms with van der Waals surface area (Å²) in [5.74, 6) is 0.329. The number of aromatic nitrogens is 2. The van der Waals surface area contributed by atoms with Crippen molar-refractivity contribution >= 4 is 22.7 Å². The Morgan fingerprint density at radius 2 is 1.77 bits per heavy atom. The molecule has 1 heterocycles. The van der Waals surface area contributed by atoms with Crippen LogP contribution in [-0.4, -0.2) is 28.3 Å². The molecular formula is C19H19N3O4. The predicted molar refractivity (Wildman–Crippen MR) is 97.3 cm³/mol. The van der Waals surface area contributed by atoms with Crippen molar-refractivity contribution in [1.82, 2.24) is 15.3 Å². The van der Waals surface area contributed by atoms with Gasteiger partial charge in [-0.25, -0.2) is 4.79 Å². The summed E-state index contributed by atoms with van der Waals surface area (Å²) in [6.07, 6.45) is 0.449. The molecular weight excluding hydrogens is 334 g/mol. The van der Waals surface area contributed by atoms with Gasteiger partial charge in [0.15, 0.2) is 12.4 Å². The van der Waals surface area contributed by atoms with Gasteiger partial charge in [0.05, 0.1) is 11.0 Å². The fourth-order valence-electron chi connectivity index (χ4n) is 2.53. The minimum absolute atomic E-state index is 0.0648. The smallest absolute Gasteiger partial charge is 0.323 e. The highest BCUT2D eigenvalue weighted by molar-refractivity contribution is 5.95. The fraction of sp³-hybridized carbons (Fsp3) is 0.211. The Bertz CT molecular complexity index is 986. The lowest BCUT2D eigenvalue weighted by molar-refractivity contribution is -0.123. The number of ether oxygens (including phenoxy) is 1. The third-order valence-corrected chi connectivity index (χ3v) is 3.94. The van der Waals surface area contributed by atoms with Crippen LogP contribution in [0.2, 0.25) is 0 Å². The van der Waals surface area contributed by atoms with E-state index >= 15 is 0 Å². The molecule has 0 fully saturated rings. The van der Waals surface area contributed by atoms with Crippen molar-refractivity contribution in [3.05, 3.63) is 64.1 Å². The largest absolute Gasteiger partial charge is 0.484 e. The molecule has 3 aromatic rings. The van der Waals surface area contributed by atoms with Gasteiger partial charge < -0.3 is 20.0 Å². The van der Waals surface area contributed by atoms with Crippen molar-refractivity contribution < 1.29 is 14.3 Å². The highest BCUT2D eigenvalue weighted by Gasteiger charge is 2.06. The molecule has 0 saturated carbocycles. The number of Topliss-reactive ketones (excluding diaryl/α,β-unsaturated/α-hetero) is 1. The van der Waals surface area contributed by atoms with Crippen molar-refractivity contribution in [2.24, 2.45) is 0 Å². The minimum Gasteiger partial charge on any atom is -0.484 e. The lowest BCUT2D eigenvalue weighted by atomic mass is 10.1. The van der Waals surface area contributed by atoms with Crippen molar-refractivity contribution in [3.63, 3.8) is 0 Å². The van der Waals surface area contributed by atoms with Crippen molar-refractivity contribution in [3.8, 4) is 5.75 Å². The van der Waals surface area contributed by atoms with Gasteiger partial charge in [0.1, 0.15) is 5.75 Å². The molecule has 0 unspecified atom stereocenters. The van der Waals surface area contributed by atoms with E-state index in [2.05, 4.69) is 15.3 Å². The number of carbonyl (C=O) groups is 2. The maximum absolute atomic E-state index is 11.9. The van der Waals surface area contributed by atoms with Crippen LogP contribution in [0.3, 0.4) is 0 Å². The molecule has 2 aromatic carbocycles. The van der Waals surface area contributed by atoms with Crippen molar-refractivity contribution in [1.29, 1.82) is 0 Å². The van der Waals surface area contributed by atoms with Gasteiger partial charge in [-0.3, -0.25) is 9.59 Å². The molecule has 0 aliphatic heterocycles. The first-order valence-electron chi connectivity index (χ1n) is 8.29. The van der Waals surface area contributed by atoms with Crippen LogP contribution in [0.1, 0.15) is 29.3 Å². The first-order chi connectivity index (χ1) is 12.5. The first kappa shape index (κ1) is 17.5. The lowest BCUT2D eigenvalue weighted by Gasteiger charge is -2.08. The van der Waals surface area contributed by atoms with Crippen LogP contribution in [-0.2, 0) is 11.3 Å². The Morgan fingerprint density at radius 3 is 2.50 bits per heavy atom. The monoisotopic (exact) mass is 353 g/mol. The van der Waals surface area contributed by atoms with E-state index in [9.17, 15) is 14.4 Å². The van der Waals surface area contributed by atoms with E-state index < -0.39 is 0 Å². The van der Waals surface area contributed by atoms with Crippen LogP contribution in [0.25, 0.3) is 11.0 Å². The first-order valence-corrected chi connectivity index (χ1v) is 8.29. The number of rotatable bonds is 7. The third-order valence-electron chi connectivity index (χ3n) is 3.94. The molecule has 134 valence electrons. The summed E-state index contributed by atoms with van der Waals surface area (Å²) in [6, 6.07) is 12.1. The van der Waals surface area contributed by atoms with Gasteiger partial charge in [-0.15, -0.1) is 0 Å². The number of benzene rings is 2. The summed E-state index contributed by atoms with van der Waals surface area (Å²) in [6.45, 7) is 2.02. The van der Waals surface area contributed by atoms with Gasteiger partial charge in [0.2, 0.25) is 0 Å². The molecule has 1 amide bonds. The number of ketones is 1. The van der Waals surface area contributed by atoms with Crippen LogP contribution in [0, 0.1) is 0 Å². The number of hydrogen-bond acceptors (Lipinski definition) is 4. The second-order valence-electron chi connectivity index (χ2n) is 5.83. The van der Waals surface area contributed by atoms with Crippen molar-refractivity contribution in [2.45, 2.75) is 19.9 Å². The van der Waals surface area contributed by atoms with E-state index in [1.165, 1.54) is 0 Å². The van der Waals surface area contributed by atoms with Crippen LogP contribution < -0.4 is 15.7 Å². The quantitative estimate of drug-likeness (QED) is 0.566. The highest BCUT2D eigenvalue weighted by Crippen LogP contribution is 2.13. The molecule has 7 nitrogen and oxygen atoms in total. The molecule has 0 saturated heterocycles. The molecule has 0 radical (unpaired) electrons. The zero-order valence-corrected chi connectivity index (χ0v) is 14.3. The van der Waals surface area contributed by atoms with Crippen LogP contribution in [0.4, 0.5) is 0 Å². The zero-order chi connectivity index (χ0) is 18.5. The Balaban J connectivity index is 1.50. The molecule has 0 spiro atoms. The molecule has 0 bridgehead atoms. The molecule has 0 atom stereocenters. The minimum atomic E-state index is -0.263. The average molecular weight is 353 g/mol. The van der Waals surface area contributed by atoms with E-state index in [0.717, 1.165) is 11.1 Å². The number of H-pyrrole nitrogens is 2. The van der Waals surface area contributed by atoms with E-state index in [4.69, 9.17) is 4.74 Å². The van der Waals surface area contributed by atoms with Gasteiger partial charge in [0, 0.05) is 18.5 Å². The van der Waals surface area contributed by atoms with E-state index in [1.54, 1.807) is 36.4 Å². The predicted octanol–water partition coefficient (Wildman–Crippen LogP) is 2.14. The number of nitrogens with one attached hydrogen (secondary N) is 3. The van der Waals surface area contributed by atoms with Crippen LogP contribution in [0.15, 0.2) is 47.3 Å². The third kappa shape index (κ3) is 4.18. The normalized spacial score (nSPS) is 10.7. The number of amides is 1. The number of aromatic amines is 2. The lowest BCUT2D eigenvalue weighted by Crippen LogP contribution is -2.28. The second kappa shape index (κ2) is 7.69. The average Bonchev–Trinajstić information content (AvgIpc) is 3.03. The summed E-state index contributed by atoms with van der Waals surface area (Å²) in [5.41, 5.74) is 2.64. The summed E-state index contributed by atoms with van der Waals surface area (Å²) in [7, 11) is 0. The van der Waals surface area contributed by atoms with Crippen molar-refractivity contribution in [2.75, 3.05) is 6.61 Å². The number of imidazole rings is 1. The molecule has 3 rings (SSSR count). The Hall–Kier alpha value is -3.35. The highest BCUT2D eigenvalue weighted by atomic mass is 16.5. The summed E-state index contributed by atoms with van der Waals surface area (Å²) < 4.78 is 5.42. The van der Waals surface area contributed by atoms with E-state index in [0.29, 0.717) is 29.8 Å². The molecule has 0 aliphatic carbocycles. The maximum atomic E-state index is 11.9. The number of hydrogen-bond donors (Lipinski definition) is 3. The Labute approximate surface area is 149 Å². The molecule has 0 aliphatic rings. The Kier molecular flexibility index (Phi) is 5.17. The van der Waals surface area contributed by atoms with Gasteiger partial charge in [-0.1, -0.05) is 13.0 Å². The van der Waals surface area contributed by atoms with Crippen LogP contribution in [0.5, 0.6) is 5.75 Å². The SMILES string of the molecule is CCC(=O)c1ccc(OCC(=O)NCc2ccc3[nH]c(=O)[nH]c3c2)cc1. The van der Waals surface area contributed by atoms with Gasteiger partial charge in [-0.05, 0) is 42.0 Å². The topological polar surface area (TPSA) is 104 Å².